The van der Waals surface area contributed by atoms with Crippen molar-refractivity contribution >= 4 is 23.4 Å². The highest BCUT2D eigenvalue weighted by Crippen LogP contribution is 2.39. The highest BCUT2D eigenvalue weighted by Gasteiger charge is 2.53. The van der Waals surface area contributed by atoms with Gasteiger partial charge in [0.2, 0.25) is 5.79 Å². The van der Waals surface area contributed by atoms with Crippen molar-refractivity contribution in [2.24, 2.45) is 47.3 Å². The number of fused-ring (bicyclic) bond motifs is 3. The van der Waals surface area contributed by atoms with E-state index in [1.807, 2.05) is 52.0 Å². The first-order valence-electron chi connectivity index (χ1n) is 25.1. The summed E-state index contributed by atoms with van der Waals surface area (Å²) in [6.45, 7) is 18.4. The molecule has 1 saturated carbocycles. The fraction of sp³-hybridized carbons (Fsp3) is 0.778. The van der Waals surface area contributed by atoms with Gasteiger partial charge in [0.15, 0.2) is 5.78 Å². The molecule has 0 radical (unpaired) electrons. The van der Waals surface area contributed by atoms with Crippen molar-refractivity contribution in [3.8, 4) is 0 Å². The first kappa shape index (κ1) is 55.6. The SMILES string of the molecule is CO[C@H]1C[C@@H]2CC[C@@H](C)[C@@](O)(O2)C(=O)C(=O)N2CCCC[C@H]2C(=O)O[C@H]([C@H](C)C[C@@H]2CC[C@@H](C)[C@H](OC)C2)C[C@@H](OC)[C@H](C)/C=C(\C)[C@@H](C)[C@@H](OC)C(=O)[C@H](C)C[C@H](C)/C=C/C=C/C=C/1C. The Kier molecular flexibility index (Phi) is 22.0. The number of hydrogen-bond acceptors (Lipinski definition) is 11. The number of cyclic esters (lactones) is 1. The molecule has 12 nitrogen and oxygen atoms in total. The maximum atomic E-state index is 14.6. The van der Waals surface area contributed by atoms with Crippen molar-refractivity contribution in [1.82, 2.24) is 4.90 Å². The maximum absolute atomic E-state index is 14.6. The zero-order valence-electron chi connectivity index (χ0n) is 42.8. The average molecular weight is 926 g/mol. The van der Waals surface area contributed by atoms with Crippen molar-refractivity contribution in [3.63, 3.8) is 0 Å². The van der Waals surface area contributed by atoms with Gasteiger partial charge < -0.3 is 38.4 Å². The van der Waals surface area contributed by atoms with E-state index in [0.29, 0.717) is 63.2 Å². The summed E-state index contributed by atoms with van der Waals surface area (Å²) in [7, 11) is 6.66. The van der Waals surface area contributed by atoms with Crippen LogP contribution in [0.4, 0.5) is 0 Å². The number of aliphatic hydroxyl groups is 1. The third-order valence-corrected chi connectivity index (χ3v) is 15.7. The number of allylic oxidation sites excluding steroid dienone is 5. The number of carbonyl (C=O) groups is 4. The van der Waals surface area contributed by atoms with Crippen LogP contribution in [0.2, 0.25) is 0 Å². The highest BCUT2D eigenvalue weighted by molar-refractivity contribution is 6.39. The summed E-state index contributed by atoms with van der Waals surface area (Å²) >= 11 is 0. The lowest BCUT2D eigenvalue weighted by Crippen LogP contribution is -2.61. The number of esters is 1. The van der Waals surface area contributed by atoms with Crippen LogP contribution in [-0.2, 0) is 47.6 Å². The average Bonchev–Trinajstić information content (AvgIpc) is 3.30. The summed E-state index contributed by atoms with van der Waals surface area (Å²) in [6.07, 6.45) is 17.7. The topological polar surface area (TPSA) is 147 Å². The Morgan fingerprint density at radius 1 is 0.788 bits per heavy atom. The summed E-state index contributed by atoms with van der Waals surface area (Å²) in [4.78, 5) is 58.5. The molecule has 1 aliphatic carbocycles. The van der Waals surface area contributed by atoms with Crippen LogP contribution in [-0.4, -0.2) is 117 Å². The van der Waals surface area contributed by atoms with E-state index in [-0.39, 0.29) is 60.2 Å². The Morgan fingerprint density at radius 3 is 2.17 bits per heavy atom. The molecule has 16 atom stereocenters. The van der Waals surface area contributed by atoms with Gasteiger partial charge in [0.25, 0.3) is 11.7 Å². The lowest BCUT2D eigenvalue weighted by Gasteiger charge is -2.43. The Labute approximate surface area is 397 Å². The van der Waals surface area contributed by atoms with Crippen molar-refractivity contribution in [2.75, 3.05) is 35.0 Å². The fourth-order valence-corrected chi connectivity index (χ4v) is 11.0. The van der Waals surface area contributed by atoms with Gasteiger partial charge in [0, 0.05) is 71.5 Å². The van der Waals surface area contributed by atoms with Crippen molar-refractivity contribution in [3.05, 3.63) is 47.6 Å². The van der Waals surface area contributed by atoms with Crippen LogP contribution in [0.25, 0.3) is 0 Å². The smallest absolute Gasteiger partial charge is 0.329 e. The summed E-state index contributed by atoms with van der Waals surface area (Å²) in [5, 5.41) is 12.0. The predicted octanol–water partition coefficient (Wildman–Crippen LogP) is 9.18. The third-order valence-electron chi connectivity index (χ3n) is 15.7. The van der Waals surface area contributed by atoms with E-state index in [4.69, 9.17) is 28.4 Å². The Bertz CT molecular complexity index is 1720. The van der Waals surface area contributed by atoms with E-state index in [1.165, 1.54) is 4.90 Å². The first-order valence-corrected chi connectivity index (χ1v) is 25.1. The van der Waals surface area contributed by atoms with Gasteiger partial charge in [-0.3, -0.25) is 14.4 Å². The van der Waals surface area contributed by atoms with Crippen LogP contribution in [0.1, 0.15) is 139 Å². The second-order valence-corrected chi connectivity index (χ2v) is 20.8. The number of methoxy groups -OCH3 is 4. The Hall–Kier alpha value is -3.00. The standard InChI is InChI=1S/C54H87NO11/c1-33-19-15-14-16-20-34(2)46(62-11)31-43-25-23-40(8)54(60,66-43)51(57)52(58)55-26-18-17-21-44(55)53(59)65-48(38(6)29-42-24-22-35(3)45(30-42)61-10)32-47(63-12)37(5)28-36(4)41(9)50(64-13)49(56)39(7)27-33/h14-16,19-20,28,33,35,37-48,50,60H,17-18,21-27,29-32H2,1-13H3/b16-14+,19-15+,34-20+,36-28+/t33-,35-,37-,38-,39-,40-,41-,42+,43+,44+,45-,46+,47-,48+,50-,54-/m1/s1. The zero-order chi connectivity index (χ0) is 48.9. The van der Waals surface area contributed by atoms with E-state index in [2.05, 4.69) is 39.8 Å². The minimum absolute atomic E-state index is 0.0636. The number of rotatable bonds is 7. The zero-order valence-corrected chi connectivity index (χ0v) is 42.8. The van der Waals surface area contributed by atoms with Gasteiger partial charge in [-0.2, -0.15) is 0 Å². The minimum atomic E-state index is -2.37. The molecule has 0 aromatic rings. The highest BCUT2D eigenvalue weighted by atomic mass is 16.6. The lowest BCUT2D eigenvalue weighted by molar-refractivity contribution is -0.265. The van der Waals surface area contributed by atoms with Crippen molar-refractivity contribution < 1.29 is 52.7 Å². The molecule has 3 fully saturated rings. The number of piperidine rings is 1. The van der Waals surface area contributed by atoms with Gasteiger partial charge in [-0.1, -0.05) is 90.5 Å². The second-order valence-electron chi connectivity index (χ2n) is 20.8. The lowest BCUT2D eigenvalue weighted by atomic mass is 9.75. The van der Waals surface area contributed by atoms with Crippen molar-refractivity contribution in [1.29, 1.82) is 0 Å². The number of amides is 1. The second kappa shape index (κ2) is 26.1. The number of carbonyl (C=O) groups excluding carboxylic acids is 4. The number of hydrogen-bond donors (Lipinski definition) is 1. The minimum Gasteiger partial charge on any atom is -0.460 e. The normalized spacial score (nSPS) is 41.1. The van der Waals surface area contributed by atoms with E-state index in [9.17, 15) is 24.3 Å². The van der Waals surface area contributed by atoms with Gasteiger partial charge in [0.05, 0.1) is 24.4 Å². The van der Waals surface area contributed by atoms with Crippen molar-refractivity contribution in [2.45, 2.75) is 188 Å². The van der Waals surface area contributed by atoms with Crippen LogP contribution in [0.3, 0.4) is 0 Å². The molecule has 0 unspecified atom stereocenters. The van der Waals surface area contributed by atoms with E-state index >= 15 is 0 Å². The van der Waals surface area contributed by atoms with Crippen LogP contribution in [0.15, 0.2) is 47.6 Å². The van der Waals surface area contributed by atoms with Crippen LogP contribution >= 0.6 is 0 Å². The number of ketones is 2. The van der Waals surface area contributed by atoms with Gasteiger partial charge >= 0.3 is 5.97 Å². The molecule has 66 heavy (non-hydrogen) atoms. The molecule has 1 amide bonds. The predicted molar refractivity (Wildman–Crippen MR) is 257 cm³/mol. The van der Waals surface area contributed by atoms with E-state index in [0.717, 1.165) is 36.8 Å². The molecule has 3 aliphatic heterocycles. The largest absolute Gasteiger partial charge is 0.460 e. The molecule has 0 aromatic heterocycles. The third kappa shape index (κ3) is 14.5. The molecule has 1 N–H and O–H groups in total. The Balaban J connectivity index is 1.72. The molecule has 0 aromatic carbocycles. The molecule has 0 spiro atoms. The first-order chi connectivity index (χ1) is 31.3. The molecule has 3 heterocycles. The fourth-order valence-electron chi connectivity index (χ4n) is 11.0. The van der Waals surface area contributed by atoms with Crippen LogP contribution in [0.5, 0.6) is 0 Å². The van der Waals surface area contributed by atoms with Gasteiger partial charge in [-0.05, 0) is 107 Å². The molecule has 4 aliphatic rings. The number of Topliss-reactive ketones (excluding diaryl/α,β-unsaturated/α-hetero) is 2. The van der Waals surface area contributed by atoms with Crippen LogP contribution < -0.4 is 0 Å². The van der Waals surface area contributed by atoms with E-state index < -0.39 is 53.7 Å². The summed E-state index contributed by atoms with van der Waals surface area (Å²) in [6, 6.07) is -1.00. The quantitative estimate of drug-likeness (QED) is 0.148. The number of nitrogens with zero attached hydrogens (tertiary/aromatic N) is 1. The van der Waals surface area contributed by atoms with Crippen LogP contribution in [0, 0.1) is 47.3 Å². The number of ether oxygens (including phenoxy) is 6. The monoisotopic (exact) mass is 926 g/mol. The summed E-state index contributed by atoms with van der Waals surface area (Å²) in [5.41, 5.74) is 1.93. The summed E-state index contributed by atoms with van der Waals surface area (Å²) < 4.78 is 36.6. The molecule has 2 bridgehead atoms. The molecule has 4 rings (SSSR count). The Morgan fingerprint density at radius 2 is 1.50 bits per heavy atom. The molecule has 12 heteroatoms. The maximum Gasteiger partial charge on any atom is 0.329 e. The molecule has 2 saturated heterocycles. The molecular formula is C54H87NO11. The molecule has 374 valence electrons. The van der Waals surface area contributed by atoms with Gasteiger partial charge in [0.1, 0.15) is 18.2 Å². The van der Waals surface area contributed by atoms with E-state index in [1.54, 1.807) is 35.4 Å². The van der Waals surface area contributed by atoms with Gasteiger partial charge in [-0.25, -0.2) is 4.79 Å². The van der Waals surface area contributed by atoms with Gasteiger partial charge in [-0.15, -0.1) is 0 Å². The summed E-state index contributed by atoms with van der Waals surface area (Å²) in [5.74, 6) is -5.13. The molecular weight excluding hydrogens is 839 g/mol.